The van der Waals surface area contributed by atoms with Crippen LogP contribution in [0.2, 0.25) is 0 Å². The number of ether oxygens (including phenoxy) is 5. The number of ketones is 1. The Bertz CT molecular complexity index is 1090. The molecule has 2 atom stereocenters. The average molecular weight is 507 g/mol. The summed E-state index contributed by atoms with van der Waals surface area (Å²) in [7, 11) is 1.65. The fourth-order valence-corrected chi connectivity index (χ4v) is 4.47. The maximum Gasteiger partial charge on any atom is 0.199 e. The molecule has 0 radical (unpaired) electrons. The fraction of sp³-hybridized carbons (Fsp3) is 0.452. The monoisotopic (exact) mass is 506 g/mol. The Morgan fingerprint density at radius 1 is 0.919 bits per heavy atom. The SMILES string of the molecule is COc1c(C=CC(=O)c2ccc(OC3CCCCO3)cc2)ccc(OC2CCCCO2)c1CC=C(C)C. The van der Waals surface area contributed by atoms with Crippen LogP contribution in [0.4, 0.5) is 0 Å². The van der Waals surface area contributed by atoms with Gasteiger partial charge in [-0.3, -0.25) is 4.79 Å². The highest BCUT2D eigenvalue weighted by atomic mass is 16.7. The van der Waals surface area contributed by atoms with Gasteiger partial charge in [-0.05, 0) is 94.5 Å². The number of methoxy groups -OCH3 is 1. The van der Waals surface area contributed by atoms with Crippen molar-refractivity contribution in [3.8, 4) is 17.2 Å². The third-order valence-electron chi connectivity index (χ3n) is 6.52. The van der Waals surface area contributed by atoms with E-state index >= 15 is 0 Å². The molecule has 2 heterocycles. The van der Waals surface area contributed by atoms with E-state index in [4.69, 9.17) is 23.7 Å². The van der Waals surface area contributed by atoms with Gasteiger partial charge in [0.2, 0.25) is 0 Å². The highest BCUT2D eigenvalue weighted by Crippen LogP contribution is 2.35. The molecule has 2 fully saturated rings. The molecule has 6 nitrogen and oxygen atoms in total. The number of rotatable bonds is 10. The molecule has 2 aliphatic heterocycles. The molecule has 2 unspecified atom stereocenters. The van der Waals surface area contributed by atoms with Gasteiger partial charge in [-0.15, -0.1) is 0 Å². The molecule has 0 aliphatic carbocycles. The van der Waals surface area contributed by atoms with Crippen LogP contribution in [0.15, 0.2) is 54.1 Å². The summed E-state index contributed by atoms with van der Waals surface area (Å²) < 4.78 is 29.4. The van der Waals surface area contributed by atoms with Crippen molar-refractivity contribution in [1.82, 2.24) is 0 Å². The number of hydrogen-bond donors (Lipinski definition) is 0. The summed E-state index contributed by atoms with van der Waals surface area (Å²) >= 11 is 0. The Kier molecular flexibility index (Phi) is 9.80. The molecule has 0 spiro atoms. The van der Waals surface area contributed by atoms with Crippen molar-refractivity contribution in [3.63, 3.8) is 0 Å². The molecule has 6 heteroatoms. The van der Waals surface area contributed by atoms with Crippen LogP contribution in [0.25, 0.3) is 6.08 Å². The minimum absolute atomic E-state index is 0.0932. The Labute approximate surface area is 220 Å². The van der Waals surface area contributed by atoms with E-state index in [1.54, 1.807) is 31.4 Å². The Balaban J connectivity index is 1.49. The summed E-state index contributed by atoms with van der Waals surface area (Å²) in [6.07, 6.45) is 11.8. The van der Waals surface area contributed by atoms with Crippen LogP contribution in [0.3, 0.4) is 0 Å². The van der Waals surface area contributed by atoms with Crippen molar-refractivity contribution in [3.05, 3.63) is 70.8 Å². The molecule has 37 heavy (non-hydrogen) atoms. The minimum atomic E-state index is -0.247. The van der Waals surface area contributed by atoms with Gasteiger partial charge in [0.1, 0.15) is 17.2 Å². The molecule has 0 saturated carbocycles. The molecular formula is C31H38O6. The van der Waals surface area contributed by atoms with E-state index in [2.05, 4.69) is 19.9 Å². The molecule has 2 aromatic rings. The Morgan fingerprint density at radius 2 is 1.59 bits per heavy atom. The second-order valence-electron chi connectivity index (χ2n) is 9.70. The summed E-state index contributed by atoms with van der Waals surface area (Å²) in [6, 6.07) is 11.1. The van der Waals surface area contributed by atoms with Crippen molar-refractivity contribution >= 4 is 11.9 Å². The van der Waals surface area contributed by atoms with Crippen LogP contribution < -0.4 is 14.2 Å². The quantitative estimate of drug-likeness (QED) is 0.198. The van der Waals surface area contributed by atoms with Crippen LogP contribution in [0, 0.1) is 0 Å². The molecule has 198 valence electrons. The van der Waals surface area contributed by atoms with Gasteiger partial charge in [0.15, 0.2) is 18.4 Å². The minimum Gasteiger partial charge on any atom is -0.496 e. The average Bonchev–Trinajstić information content (AvgIpc) is 2.92. The number of benzene rings is 2. The lowest BCUT2D eigenvalue weighted by atomic mass is 10.0. The van der Waals surface area contributed by atoms with Crippen molar-refractivity contribution in [2.24, 2.45) is 0 Å². The molecule has 2 aliphatic rings. The zero-order valence-electron chi connectivity index (χ0n) is 22.2. The summed E-state index contributed by atoms with van der Waals surface area (Å²) in [5.41, 5.74) is 3.56. The third-order valence-corrected chi connectivity index (χ3v) is 6.52. The number of allylic oxidation sites excluding steroid dienone is 3. The molecule has 0 bridgehead atoms. The van der Waals surface area contributed by atoms with Gasteiger partial charge in [0, 0.05) is 29.5 Å². The molecule has 4 rings (SSSR count). The van der Waals surface area contributed by atoms with Crippen LogP contribution in [-0.4, -0.2) is 38.7 Å². The zero-order chi connectivity index (χ0) is 26.0. The zero-order valence-corrected chi connectivity index (χ0v) is 22.2. The number of hydrogen-bond acceptors (Lipinski definition) is 6. The molecular weight excluding hydrogens is 468 g/mol. The molecule has 2 saturated heterocycles. The topological polar surface area (TPSA) is 63.2 Å². The van der Waals surface area contributed by atoms with Gasteiger partial charge in [0.25, 0.3) is 0 Å². The second-order valence-corrected chi connectivity index (χ2v) is 9.70. The van der Waals surface area contributed by atoms with E-state index in [1.165, 1.54) is 5.57 Å². The van der Waals surface area contributed by atoms with E-state index in [1.807, 2.05) is 24.3 Å². The van der Waals surface area contributed by atoms with Gasteiger partial charge in [0.05, 0.1) is 20.3 Å². The first-order chi connectivity index (χ1) is 18.0. The number of carbonyl (C=O) groups is 1. The van der Waals surface area contributed by atoms with Gasteiger partial charge < -0.3 is 23.7 Å². The van der Waals surface area contributed by atoms with E-state index in [0.29, 0.717) is 23.5 Å². The highest BCUT2D eigenvalue weighted by Gasteiger charge is 2.20. The molecule has 0 N–H and O–H groups in total. The van der Waals surface area contributed by atoms with Gasteiger partial charge >= 0.3 is 0 Å². The van der Waals surface area contributed by atoms with E-state index in [-0.39, 0.29) is 18.4 Å². The lowest BCUT2D eigenvalue weighted by Gasteiger charge is -2.25. The Morgan fingerprint density at radius 3 is 2.19 bits per heavy atom. The molecule has 0 amide bonds. The van der Waals surface area contributed by atoms with Crippen LogP contribution in [0.5, 0.6) is 17.2 Å². The van der Waals surface area contributed by atoms with Crippen molar-refractivity contribution in [1.29, 1.82) is 0 Å². The van der Waals surface area contributed by atoms with Crippen molar-refractivity contribution in [2.75, 3.05) is 20.3 Å². The van der Waals surface area contributed by atoms with Gasteiger partial charge in [-0.25, -0.2) is 0 Å². The predicted molar refractivity (Wildman–Crippen MR) is 144 cm³/mol. The first-order valence-corrected chi connectivity index (χ1v) is 13.3. The van der Waals surface area contributed by atoms with Crippen LogP contribution in [0.1, 0.15) is 73.9 Å². The summed E-state index contributed by atoms with van der Waals surface area (Å²) in [5.74, 6) is 2.06. The van der Waals surface area contributed by atoms with Crippen LogP contribution in [-0.2, 0) is 15.9 Å². The third kappa shape index (κ3) is 7.70. The maximum absolute atomic E-state index is 12.9. The molecule has 0 aromatic heterocycles. The van der Waals surface area contributed by atoms with Gasteiger partial charge in [-0.1, -0.05) is 11.6 Å². The normalized spacial score (nSPS) is 19.9. The smallest absolute Gasteiger partial charge is 0.199 e. The van der Waals surface area contributed by atoms with E-state index < -0.39 is 0 Å². The fourth-order valence-electron chi connectivity index (χ4n) is 4.47. The highest BCUT2D eigenvalue weighted by molar-refractivity contribution is 6.07. The van der Waals surface area contributed by atoms with E-state index in [0.717, 1.165) is 68.6 Å². The van der Waals surface area contributed by atoms with Crippen LogP contribution >= 0.6 is 0 Å². The lowest BCUT2D eigenvalue weighted by Crippen LogP contribution is -2.25. The Hall–Kier alpha value is -3.09. The summed E-state index contributed by atoms with van der Waals surface area (Å²) in [6.45, 7) is 5.58. The largest absolute Gasteiger partial charge is 0.496 e. The first-order valence-electron chi connectivity index (χ1n) is 13.3. The summed E-state index contributed by atoms with van der Waals surface area (Å²) in [5, 5.41) is 0. The van der Waals surface area contributed by atoms with Crippen molar-refractivity contribution < 1.29 is 28.5 Å². The number of carbonyl (C=O) groups excluding carboxylic acids is 1. The lowest BCUT2D eigenvalue weighted by molar-refractivity contribution is -0.106. The predicted octanol–water partition coefficient (Wildman–Crippen LogP) is 6.91. The first kappa shape index (κ1) is 27.0. The van der Waals surface area contributed by atoms with E-state index in [9.17, 15) is 4.79 Å². The standard InChI is InChI=1S/C31H38O6/c1-22(2)10-17-26-28(37-30-9-5-7-21-35-30)19-14-24(31(26)33-3)13-18-27(32)23-11-15-25(16-12-23)36-29-8-4-6-20-34-29/h10-16,18-19,29-30H,4-9,17,20-21H2,1-3H3. The molecule has 2 aromatic carbocycles. The second kappa shape index (κ2) is 13.5. The summed E-state index contributed by atoms with van der Waals surface area (Å²) in [4.78, 5) is 12.9. The van der Waals surface area contributed by atoms with Gasteiger partial charge in [-0.2, -0.15) is 0 Å². The van der Waals surface area contributed by atoms with Crippen molar-refractivity contribution in [2.45, 2.75) is 71.4 Å². The maximum atomic E-state index is 12.9.